The van der Waals surface area contributed by atoms with Crippen LogP contribution in [0, 0.1) is 12.3 Å². The highest BCUT2D eigenvalue weighted by Gasteiger charge is 2.28. The van der Waals surface area contributed by atoms with Gasteiger partial charge in [0.25, 0.3) is 0 Å². The molecule has 0 unspecified atom stereocenters. The zero-order valence-electron chi connectivity index (χ0n) is 15.1. The van der Waals surface area contributed by atoms with Gasteiger partial charge in [-0.1, -0.05) is 50.3 Å². The van der Waals surface area contributed by atoms with Gasteiger partial charge in [-0.2, -0.15) is 0 Å². The number of hydrogen-bond acceptors (Lipinski definition) is 1. The Morgan fingerprint density at radius 3 is 2.42 bits per heavy atom. The van der Waals surface area contributed by atoms with E-state index >= 15 is 0 Å². The molecule has 0 aliphatic heterocycles. The summed E-state index contributed by atoms with van der Waals surface area (Å²) < 4.78 is 0. The number of terminal acetylenes is 1. The molecule has 1 aliphatic rings. The van der Waals surface area contributed by atoms with Crippen molar-refractivity contribution in [3.8, 4) is 12.3 Å². The maximum atomic E-state index is 5.50. The lowest BCUT2D eigenvalue weighted by atomic mass is 9.71. The van der Waals surface area contributed by atoms with Crippen LogP contribution in [0.25, 0.3) is 5.57 Å². The molecular weight excluding hydrogens is 290 g/mol. The van der Waals surface area contributed by atoms with Crippen molar-refractivity contribution in [2.24, 2.45) is 0 Å². The highest BCUT2D eigenvalue weighted by atomic mass is 15.1. The van der Waals surface area contributed by atoms with Crippen LogP contribution >= 0.6 is 0 Å². The second-order valence-corrected chi connectivity index (χ2v) is 7.41. The van der Waals surface area contributed by atoms with Crippen LogP contribution in [0.2, 0.25) is 0 Å². The molecule has 2 aromatic carbocycles. The van der Waals surface area contributed by atoms with Crippen molar-refractivity contribution in [3.63, 3.8) is 0 Å². The predicted octanol–water partition coefficient (Wildman–Crippen LogP) is 5.04. The van der Waals surface area contributed by atoms with Crippen LogP contribution in [0.3, 0.4) is 0 Å². The maximum Gasteiger partial charge on any atom is 0.0361 e. The molecule has 0 heterocycles. The summed E-state index contributed by atoms with van der Waals surface area (Å²) in [5.74, 6) is 2.76. The highest BCUT2D eigenvalue weighted by Crippen LogP contribution is 2.41. The van der Waals surface area contributed by atoms with Gasteiger partial charge in [0, 0.05) is 26.2 Å². The first-order chi connectivity index (χ1) is 11.4. The molecule has 1 heteroatoms. The molecule has 0 saturated carbocycles. The Kier molecular flexibility index (Phi) is 4.24. The molecule has 0 saturated heterocycles. The molecule has 0 amide bonds. The Morgan fingerprint density at radius 2 is 1.79 bits per heavy atom. The fourth-order valence-corrected chi connectivity index (χ4v) is 3.40. The van der Waals surface area contributed by atoms with Gasteiger partial charge in [0.05, 0.1) is 0 Å². The summed E-state index contributed by atoms with van der Waals surface area (Å²) in [4.78, 5) is 2.13. The Bertz CT molecular complexity index is 814. The molecule has 0 N–H and O–H groups in total. The Balaban J connectivity index is 2.06. The normalized spacial score (nSPS) is 15.2. The van der Waals surface area contributed by atoms with Gasteiger partial charge in [0.2, 0.25) is 0 Å². The first kappa shape index (κ1) is 16.4. The largest absolute Gasteiger partial charge is 0.378 e. The number of anilines is 1. The van der Waals surface area contributed by atoms with Crippen LogP contribution < -0.4 is 4.90 Å². The molecule has 1 nitrogen and oxygen atoms in total. The van der Waals surface area contributed by atoms with Crippen LogP contribution in [-0.4, -0.2) is 14.1 Å². The molecule has 0 spiro atoms. The lowest BCUT2D eigenvalue weighted by molar-refractivity contribution is 0.527. The van der Waals surface area contributed by atoms with Crippen LogP contribution in [0.1, 0.15) is 42.5 Å². The van der Waals surface area contributed by atoms with E-state index in [1.807, 2.05) is 0 Å². The Morgan fingerprint density at radius 1 is 1.08 bits per heavy atom. The topological polar surface area (TPSA) is 3.24 Å². The number of rotatable bonds is 3. The number of nitrogens with zero attached hydrogens (tertiary/aromatic N) is 1. The van der Waals surface area contributed by atoms with E-state index in [4.69, 9.17) is 6.42 Å². The van der Waals surface area contributed by atoms with Gasteiger partial charge in [-0.15, -0.1) is 12.3 Å². The summed E-state index contributed by atoms with van der Waals surface area (Å²) in [6, 6.07) is 15.5. The smallest absolute Gasteiger partial charge is 0.0361 e. The molecule has 0 bridgehead atoms. The van der Waals surface area contributed by atoms with E-state index in [2.05, 4.69) is 87.3 Å². The zero-order chi connectivity index (χ0) is 17.3. The average Bonchev–Trinajstić information content (AvgIpc) is 2.56. The fraction of sp³-hybridized carbons (Fsp3) is 0.304. The van der Waals surface area contributed by atoms with Gasteiger partial charge < -0.3 is 4.90 Å². The van der Waals surface area contributed by atoms with Gasteiger partial charge in [-0.3, -0.25) is 0 Å². The Hall–Kier alpha value is -2.46. The predicted molar refractivity (Wildman–Crippen MR) is 104 cm³/mol. The SMILES string of the molecule is C#CCc1ccc2c(c1)C(C)(C)CC=C2c1ccc(N(C)C)cc1. The highest BCUT2D eigenvalue weighted by molar-refractivity contribution is 5.84. The van der Waals surface area contributed by atoms with Crippen LogP contribution in [0.15, 0.2) is 48.5 Å². The van der Waals surface area contributed by atoms with Crippen molar-refractivity contribution in [3.05, 3.63) is 70.8 Å². The summed E-state index contributed by atoms with van der Waals surface area (Å²) in [6.45, 7) is 4.63. The van der Waals surface area contributed by atoms with Crippen molar-refractivity contribution in [1.82, 2.24) is 0 Å². The number of fused-ring (bicyclic) bond motifs is 1. The minimum atomic E-state index is 0.146. The zero-order valence-corrected chi connectivity index (χ0v) is 15.1. The average molecular weight is 315 g/mol. The molecule has 0 atom stereocenters. The second kappa shape index (κ2) is 6.21. The third-order valence-electron chi connectivity index (χ3n) is 4.92. The number of allylic oxidation sites excluding steroid dienone is 1. The van der Waals surface area contributed by atoms with E-state index in [-0.39, 0.29) is 5.41 Å². The van der Waals surface area contributed by atoms with E-state index in [1.165, 1.54) is 33.5 Å². The summed E-state index contributed by atoms with van der Waals surface area (Å²) in [7, 11) is 4.14. The molecular formula is C23H25N. The van der Waals surface area contributed by atoms with E-state index in [0.29, 0.717) is 6.42 Å². The van der Waals surface area contributed by atoms with E-state index < -0.39 is 0 Å². The summed E-state index contributed by atoms with van der Waals surface area (Å²) in [5, 5.41) is 0. The minimum absolute atomic E-state index is 0.146. The standard InChI is InChI=1S/C23H25N/c1-6-7-17-8-13-21-20(14-15-23(2,3)22(21)16-17)18-9-11-19(12-10-18)24(4)5/h1,8-14,16H,7,15H2,2-5H3. The third-order valence-corrected chi connectivity index (χ3v) is 4.92. The summed E-state index contributed by atoms with van der Waals surface area (Å²) >= 11 is 0. The molecule has 122 valence electrons. The second-order valence-electron chi connectivity index (χ2n) is 7.41. The van der Waals surface area contributed by atoms with Gasteiger partial charge in [-0.05, 0) is 51.8 Å². The van der Waals surface area contributed by atoms with Gasteiger partial charge >= 0.3 is 0 Å². The fourth-order valence-electron chi connectivity index (χ4n) is 3.40. The third kappa shape index (κ3) is 2.97. The van der Waals surface area contributed by atoms with Crippen LogP contribution in [-0.2, 0) is 11.8 Å². The van der Waals surface area contributed by atoms with Gasteiger partial charge in [0.1, 0.15) is 0 Å². The molecule has 0 fully saturated rings. The van der Waals surface area contributed by atoms with Gasteiger partial charge in [0.15, 0.2) is 0 Å². The van der Waals surface area contributed by atoms with Crippen LogP contribution in [0.4, 0.5) is 5.69 Å². The van der Waals surface area contributed by atoms with E-state index in [0.717, 1.165) is 6.42 Å². The first-order valence-electron chi connectivity index (χ1n) is 8.47. The molecule has 24 heavy (non-hydrogen) atoms. The van der Waals surface area contributed by atoms with Crippen molar-refractivity contribution in [2.45, 2.75) is 32.1 Å². The molecule has 1 aliphatic carbocycles. The minimum Gasteiger partial charge on any atom is -0.378 e. The van der Waals surface area contributed by atoms with Crippen LogP contribution in [0.5, 0.6) is 0 Å². The van der Waals surface area contributed by atoms with Crippen molar-refractivity contribution in [2.75, 3.05) is 19.0 Å². The quantitative estimate of drug-likeness (QED) is 0.717. The lowest BCUT2D eigenvalue weighted by Gasteiger charge is -2.33. The molecule has 2 aromatic rings. The lowest BCUT2D eigenvalue weighted by Crippen LogP contribution is -2.22. The van der Waals surface area contributed by atoms with Crippen molar-refractivity contribution >= 4 is 11.3 Å². The maximum absolute atomic E-state index is 5.50. The summed E-state index contributed by atoms with van der Waals surface area (Å²) in [5.41, 5.74) is 7.96. The number of hydrogen-bond donors (Lipinski definition) is 0. The number of benzene rings is 2. The summed E-state index contributed by atoms with van der Waals surface area (Å²) in [6.07, 6.45) is 9.62. The monoisotopic (exact) mass is 315 g/mol. The van der Waals surface area contributed by atoms with Gasteiger partial charge in [-0.25, -0.2) is 0 Å². The van der Waals surface area contributed by atoms with E-state index in [1.54, 1.807) is 0 Å². The van der Waals surface area contributed by atoms with Crippen molar-refractivity contribution in [1.29, 1.82) is 0 Å². The molecule has 0 radical (unpaired) electrons. The molecule has 3 rings (SSSR count). The van der Waals surface area contributed by atoms with E-state index in [9.17, 15) is 0 Å². The first-order valence-corrected chi connectivity index (χ1v) is 8.47. The van der Waals surface area contributed by atoms with Crippen molar-refractivity contribution < 1.29 is 0 Å². The molecule has 0 aromatic heterocycles. The Labute approximate surface area is 146 Å².